The Hall–Kier alpha value is -2.43. The first-order valence-corrected chi connectivity index (χ1v) is 7.05. The van der Waals surface area contributed by atoms with Gasteiger partial charge in [-0.2, -0.15) is 0 Å². The maximum atomic E-state index is 11.1. The molecule has 0 saturated heterocycles. The van der Waals surface area contributed by atoms with Crippen molar-refractivity contribution in [2.24, 2.45) is 0 Å². The zero-order valence-corrected chi connectivity index (χ0v) is 12.4. The first kappa shape index (κ1) is 15.0. The van der Waals surface area contributed by atoms with Gasteiger partial charge in [0.25, 0.3) is 0 Å². The SMILES string of the molecule is CCCn1ccc(CNc2ccc(NC(=O)OC)cc2)c1. The quantitative estimate of drug-likeness (QED) is 0.852. The molecule has 1 aromatic carbocycles. The second-order valence-electron chi connectivity index (χ2n) is 4.81. The number of aromatic nitrogens is 1. The highest BCUT2D eigenvalue weighted by Crippen LogP contribution is 2.15. The van der Waals surface area contributed by atoms with Crippen molar-refractivity contribution in [3.8, 4) is 0 Å². The van der Waals surface area contributed by atoms with E-state index in [4.69, 9.17) is 0 Å². The van der Waals surface area contributed by atoms with Gasteiger partial charge in [-0.05, 0) is 42.3 Å². The molecular weight excluding hydrogens is 266 g/mol. The number of carbonyl (C=O) groups excluding carboxylic acids is 1. The van der Waals surface area contributed by atoms with Gasteiger partial charge in [-0.15, -0.1) is 0 Å². The highest BCUT2D eigenvalue weighted by atomic mass is 16.5. The third-order valence-corrected chi connectivity index (χ3v) is 3.11. The fraction of sp³-hybridized carbons (Fsp3) is 0.312. The molecule has 0 fully saturated rings. The predicted octanol–water partition coefficient (Wildman–Crippen LogP) is 3.69. The van der Waals surface area contributed by atoms with E-state index in [1.807, 2.05) is 24.3 Å². The zero-order valence-electron chi connectivity index (χ0n) is 12.4. The van der Waals surface area contributed by atoms with Crippen LogP contribution in [0.4, 0.5) is 16.2 Å². The Morgan fingerprint density at radius 2 is 1.90 bits per heavy atom. The Morgan fingerprint density at radius 1 is 1.19 bits per heavy atom. The summed E-state index contributed by atoms with van der Waals surface area (Å²) in [5.74, 6) is 0. The number of methoxy groups -OCH3 is 1. The van der Waals surface area contributed by atoms with E-state index in [1.165, 1.54) is 12.7 Å². The molecule has 0 atom stereocenters. The van der Waals surface area contributed by atoms with E-state index in [-0.39, 0.29) is 0 Å². The van der Waals surface area contributed by atoms with Crippen molar-refractivity contribution in [1.82, 2.24) is 4.57 Å². The summed E-state index contributed by atoms with van der Waals surface area (Å²) in [5, 5.41) is 5.97. The number of carbonyl (C=O) groups is 1. The molecule has 1 amide bonds. The molecule has 0 radical (unpaired) electrons. The van der Waals surface area contributed by atoms with Crippen molar-refractivity contribution in [1.29, 1.82) is 0 Å². The number of benzene rings is 1. The van der Waals surface area contributed by atoms with Crippen LogP contribution in [0.1, 0.15) is 18.9 Å². The van der Waals surface area contributed by atoms with Crippen LogP contribution in [0.5, 0.6) is 0 Å². The Kier molecular flexibility index (Phi) is 5.26. The van der Waals surface area contributed by atoms with Crippen molar-refractivity contribution in [3.05, 3.63) is 48.3 Å². The van der Waals surface area contributed by atoms with Gasteiger partial charge in [0, 0.05) is 36.9 Å². The maximum Gasteiger partial charge on any atom is 0.411 e. The predicted molar refractivity (Wildman–Crippen MR) is 84.5 cm³/mol. The summed E-state index contributed by atoms with van der Waals surface area (Å²) in [7, 11) is 1.34. The number of nitrogens with one attached hydrogen (secondary N) is 2. The average molecular weight is 287 g/mol. The molecule has 1 aromatic heterocycles. The number of rotatable bonds is 6. The Labute approximate surface area is 124 Å². The van der Waals surface area contributed by atoms with E-state index in [9.17, 15) is 4.79 Å². The van der Waals surface area contributed by atoms with Crippen LogP contribution in [-0.4, -0.2) is 17.8 Å². The van der Waals surface area contributed by atoms with Gasteiger partial charge < -0.3 is 14.6 Å². The van der Waals surface area contributed by atoms with E-state index in [0.717, 1.165) is 25.2 Å². The van der Waals surface area contributed by atoms with Crippen molar-refractivity contribution < 1.29 is 9.53 Å². The first-order valence-electron chi connectivity index (χ1n) is 7.05. The largest absolute Gasteiger partial charge is 0.453 e. The molecule has 0 spiro atoms. The third kappa shape index (κ3) is 4.56. The molecule has 112 valence electrons. The molecule has 5 nitrogen and oxygen atoms in total. The van der Waals surface area contributed by atoms with Crippen molar-refractivity contribution >= 4 is 17.5 Å². The lowest BCUT2D eigenvalue weighted by molar-refractivity contribution is 0.187. The molecule has 0 saturated carbocycles. The lowest BCUT2D eigenvalue weighted by Crippen LogP contribution is -2.10. The van der Waals surface area contributed by atoms with Crippen LogP contribution in [0.2, 0.25) is 0 Å². The van der Waals surface area contributed by atoms with E-state index in [0.29, 0.717) is 5.69 Å². The molecule has 2 rings (SSSR count). The molecule has 21 heavy (non-hydrogen) atoms. The summed E-state index contributed by atoms with van der Waals surface area (Å²) in [6.45, 7) is 4.00. The molecular formula is C16H21N3O2. The highest BCUT2D eigenvalue weighted by molar-refractivity contribution is 5.84. The van der Waals surface area contributed by atoms with Gasteiger partial charge in [0.15, 0.2) is 0 Å². The van der Waals surface area contributed by atoms with Crippen LogP contribution in [0.15, 0.2) is 42.7 Å². The monoisotopic (exact) mass is 287 g/mol. The third-order valence-electron chi connectivity index (χ3n) is 3.11. The summed E-state index contributed by atoms with van der Waals surface area (Å²) in [5.41, 5.74) is 2.97. The Morgan fingerprint density at radius 3 is 2.57 bits per heavy atom. The number of aryl methyl sites for hydroxylation is 1. The molecule has 2 N–H and O–H groups in total. The fourth-order valence-corrected chi connectivity index (χ4v) is 2.04. The van der Waals surface area contributed by atoms with E-state index >= 15 is 0 Å². The molecule has 0 aliphatic carbocycles. The molecule has 0 aliphatic rings. The smallest absolute Gasteiger partial charge is 0.411 e. The summed E-state index contributed by atoms with van der Waals surface area (Å²) < 4.78 is 6.74. The lowest BCUT2D eigenvalue weighted by atomic mass is 10.2. The van der Waals surface area contributed by atoms with Crippen LogP contribution in [-0.2, 0) is 17.8 Å². The lowest BCUT2D eigenvalue weighted by Gasteiger charge is -2.07. The first-order chi connectivity index (χ1) is 10.2. The number of nitrogens with zero attached hydrogens (tertiary/aromatic N) is 1. The van der Waals surface area contributed by atoms with E-state index in [2.05, 4.69) is 45.3 Å². The normalized spacial score (nSPS) is 10.2. The number of anilines is 2. The second-order valence-corrected chi connectivity index (χ2v) is 4.81. The van der Waals surface area contributed by atoms with Gasteiger partial charge in [0.1, 0.15) is 0 Å². The van der Waals surface area contributed by atoms with Crippen LogP contribution < -0.4 is 10.6 Å². The van der Waals surface area contributed by atoms with Crippen LogP contribution in [0.3, 0.4) is 0 Å². The van der Waals surface area contributed by atoms with Crippen LogP contribution >= 0.6 is 0 Å². The summed E-state index contributed by atoms with van der Waals surface area (Å²) >= 11 is 0. The van der Waals surface area contributed by atoms with Gasteiger partial charge in [0.05, 0.1) is 7.11 Å². The maximum absolute atomic E-state index is 11.1. The van der Waals surface area contributed by atoms with Gasteiger partial charge in [-0.25, -0.2) is 4.79 Å². The van der Waals surface area contributed by atoms with E-state index < -0.39 is 6.09 Å². The minimum absolute atomic E-state index is 0.465. The molecule has 1 heterocycles. The number of hydrogen-bond acceptors (Lipinski definition) is 3. The second kappa shape index (κ2) is 7.38. The van der Waals surface area contributed by atoms with Crippen LogP contribution in [0.25, 0.3) is 0 Å². The van der Waals surface area contributed by atoms with Crippen LogP contribution in [0, 0.1) is 0 Å². The minimum atomic E-state index is -0.465. The van der Waals surface area contributed by atoms with Crippen molar-refractivity contribution in [2.75, 3.05) is 17.7 Å². The molecule has 0 aliphatic heterocycles. The standard InChI is InChI=1S/C16H21N3O2/c1-3-9-19-10-8-13(12-19)11-17-14-4-6-15(7-5-14)18-16(20)21-2/h4-8,10,12,17H,3,9,11H2,1-2H3,(H,18,20). The number of ether oxygens (including phenoxy) is 1. The van der Waals surface area contributed by atoms with Gasteiger partial charge in [-0.3, -0.25) is 5.32 Å². The highest BCUT2D eigenvalue weighted by Gasteiger charge is 2.01. The summed E-state index contributed by atoms with van der Waals surface area (Å²) in [4.78, 5) is 11.1. The van der Waals surface area contributed by atoms with Gasteiger partial charge >= 0.3 is 6.09 Å². The molecule has 0 bridgehead atoms. The summed E-state index contributed by atoms with van der Waals surface area (Å²) in [6.07, 6.45) is 4.93. The number of hydrogen-bond donors (Lipinski definition) is 2. The fourth-order valence-electron chi connectivity index (χ4n) is 2.04. The average Bonchev–Trinajstić information content (AvgIpc) is 2.94. The van der Waals surface area contributed by atoms with Crippen molar-refractivity contribution in [3.63, 3.8) is 0 Å². The topological polar surface area (TPSA) is 55.3 Å². The van der Waals surface area contributed by atoms with E-state index in [1.54, 1.807) is 0 Å². The molecule has 2 aromatic rings. The number of amides is 1. The van der Waals surface area contributed by atoms with Gasteiger partial charge in [0.2, 0.25) is 0 Å². The van der Waals surface area contributed by atoms with Gasteiger partial charge in [-0.1, -0.05) is 6.92 Å². The summed E-state index contributed by atoms with van der Waals surface area (Å²) in [6, 6.07) is 9.64. The Balaban J connectivity index is 1.86. The Bertz CT molecular complexity index is 575. The zero-order chi connectivity index (χ0) is 15.1. The molecule has 5 heteroatoms. The minimum Gasteiger partial charge on any atom is -0.453 e. The van der Waals surface area contributed by atoms with Crippen molar-refractivity contribution in [2.45, 2.75) is 26.4 Å². The molecule has 0 unspecified atom stereocenters.